The number of nitrogens with one attached hydrogen (secondary N) is 1. The third-order valence-electron chi connectivity index (χ3n) is 2.67. The highest BCUT2D eigenvalue weighted by atomic mass is 16.4. The number of rotatable bonds is 6. The molecule has 1 amide bonds. The first-order valence-electron chi connectivity index (χ1n) is 5.63. The van der Waals surface area contributed by atoms with Crippen LogP contribution >= 0.6 is 0 Å². The van der Waals surface area contributed by atoms with Crippen LogP contribution in [0.4, 0.5) is 0 Å². The first kappa shape index (κ1) is 14.2. The van der Waals surface area contributed by atoms with Crippen molar-refractivity contribution in [1.82, 2.24) is 5.32 Å². The maximum absolute atomic E-state index is 11.8. The second-order valence-corrected chi connectivity index (χ2v) is 4.59. The zero-order valence-electron chi connectivity index (χ0n) is 10.2. The number of amides is 1. The van der Waals surface area contributed by atoms with Crippen LogP contribution in [0.2, 0.25) is 0 Å². The van der Waals surface area contributed by atoms with E-state index in [1.807, 2.05) is 0 Å². The van der Waals surface area contributed by atoms with Gasteiger partial charge in [0.1, 0.15) is 0 Å². The highest BCUT2D eigenvalue weighted by molar-refractivity contribution is 5.94. The summed E-state index contributed by atoms with van der Waals surface area (Å²) in [4.78, 5) is 22.4. The van der Waals surface area contributed by atoms with Crippen LogP contribution in [0.3, 0.4) is 0 Å². The van der Waals surface area contributed by atoms with Gasteiger partial charge < -0.3 is 15.5 Å². The lowest BCUT2D eigenvalue weighted by atomic mass is 9.87. The Bertz CT molecular complexity index is 418. The fourth-order valence-electron chi connectivity index (χ4n) is 1.52. The number of aliphatic hydroxyl groups is 1. The molecule has 5 heteroatoms. The highest BCUT2D eigenvalue weighted by Gasteiger charge is 2.27. The molecule has 0 aromatic heterocycles. The van der Waals surface area contributed by atoms with Gasteiger partial charge in [0.2, 0.25) is 0 Å². The highest BCUT2D eigenvalue weighted by Crippen LogP contribution is 2.19. The van der Waals surface area contributed by atoms with E-state index in [4.69, 9.17) is 5.11 Å². The molecule has 0 radical (unpaired) electrons. The van der Waals surface area contributed by atoms with E-state index in [9.17, 15) is 14.7 Å². The zero-order valence-corrected chi connectivity index (χ0v) is 10.2. The number of hydrogen-bond acceptors (Lipinski definition) is 3. The van der Waals surface area contributed by atoms with Crippen LogP contribution in [-0.2, 0) is 4.79 Å². The summed E-state index contributed by atoms with van der Waals surface area (Å²) in [6, 6.07) is 8.64. The third-order valence-corrected chi connectivity index (χ3v) is 2.67. The van der Waals surface area contributed by atoms with E-state index in [0.717, 1.165) is 0 Å². The summed E-state index contributed by atoms with van der Waals surface area (Å²) in [5.74, 6) is -1.28. The van der Waals surface area contributed by atoms with Crippen molar-refractivity contribution in [3.05, 3.63) is 35.9 Å². The molecule has 0 spiro atoms. The molecule has 98 valence electrons. The molecule has 1 unspecified atom stereocenters. The number of carboxylic acid groups (broad SMARTS) is 1. The monoisotopic (exact) mass is 251 g/mol. The molecule has 0 bridgehead atoms. The van der Waals surface area contributed by atoms with Crippen molar-refractivity contribution < 1.29 is 19.8 Å². The zero-order chi connectivity index (χ0) is 13.6. The standard InChI is InChI=1S/C13H17NO4/c1-13(9-15,7-11(16)17)8-14-12(18)10-5-3-2-4-6-10/h2-6,15H,7-9H2,1H3,(H,14,18)(H,16,17). The van der Waals surface area contributed by atoms with Gasteiger partial charge in [-0.25, -0.2) is 0 Å². The number of hydrogen-bond donors (Lipinski definition) is 3. The van der Waals surface area contributed by atoms with E-state index in [-0.39, 0.29) is 25.5 Å². The minimum Gasteiger partial charge on any atom is -0.481 e. The van der Waals surface area contributed by atoms with Crippen LogP contribution in [0.15, 0.2) is 30.3 Å². The summed E-state index contributed by atoms with van der Waals surface area (Å²) in [6.07, 6.45) is -0.196. The first-order chi connectivity index (χ1) is 8.47. The van der Waals surface area contributed by atoms with Gasteiger partial charge in [-0.15, -0.1) is 0 Å². The van der Waals surface area contributed by atoms with E-state index in [0.29, 0.717) is 5.56 Å². The molecule has 3 N–H and O–H groups in total. The lowest BCUT2D eigenvalue weighted by Gasteiger charge is -2.25. The Labute approximate surface area is 105 Å². The predicted molar refractivity (Wildman–Crippen MR) is 66.2 cm³/mol. The predicted octanol–water partition coefficient (Wildman–Crippen LogP) is 0.890. The molecule has 1 aromatic rings. The average Bonchev–Trinajstić information content (AvgIpc) is 2.36. The minimum atomic E-state index is -1.000. The molecule has 0 aliphatic rings. The van der Waals surface area contributed by atoms with Crippen LogP contribution in [0.1, 0.15) is 23.7 Å². The van der Waals surface area contributed by atoms with Gasteiger partial charge in [0.15, 0.2) is 0 Å². The van der Waals surface area contributed by atoms with Crippen molar-refractivity contribution in [2.45, 2.75) is 13.3 Å². The summed E-state index contributed by atoms with van der Waals surface area (Å²) < 4.78 is 0. The molecular weight excluding hydrogens is 234 g/mol. The molecule has 0 aliphatic carbocycles. The Morgan fingerprint density at radius 3 is 2.39 bits per heavy atom. The van der Waals surface area contributed by atoms with Gasteiger partial charge >= 0.3 is 5.97 Å². The normalized spacial score (nSPS) is 13.7. The van der Waals surface area contributed by atoms with Crippen LogP contribution in [-0.4, -0.2) is 35.2 Å². The molecule has 18 heavy (non-hydrogen) atoms. The summed E-state index contributed by atoms with van der Waals surface area (Å²) in [6.45, 7) is 1.43. The average molecular weight is 251 g/mol. The van der Waals surface area contributed by atoms with Crippen LogP contribution in [0, 0.1) is 5.41 Å². The third kappa shape index (κ3) is 4.18. The Hall–Kier alpha value is -1.88. The van der Waals surface area contributed by atoms with Gasteiger partial charge in [0.25, 0.3) is 5.91 Å². The van der Waals surface area contributed by atoms with Crippen molar-refractivity contribution in [1.29, 1.82) is 0 Å². The number of benzene rings is 1. The van der Waals surface area contributed by atoms with Crippen molar-refractivity contribution in [2.75, 3.05) is 13.2 Å². The van der Waals surface area contributed by atoms with Crippen molar-refractivity contribution in [3.8, 4) is 0 Å². The molecule has 0 aliphatic heterocycles. The van der Waals surface area contributed by atoms with E-state index >= 15 is 0 Å². The van der Waals surface area contributed by atoms with E-state index < -0.39 is 11.4 Å². The summed E-state index contributed by atoms with van der Waals surface area (Å²) in [7, 11) is 0. The molecule has 0 saturated heterocycles. The van der Waals surface area contributed by atoms with Crippen molar-refractivity contribution >= 4 is 11.9 Å². The quantitative estimate of drug-likeness (QED) is 0.700. The Morgan fingerprint density at radius 1 is 1.28 bits per heavy atom. The maximum Gasteiger partial charge on any atom is 0.304 e. The lowest BCUT2D eigenvalue weighted by Crippen LogP contribution is -2.39. The van der Waals surface area contributed by atoms with Crippen LogP contribution in [0.25, 0.3) is 0 Å². The summed E-state index contributed by atoms with van der Waals surface area (Å²) in [5.41, 5.74) is -0.343. The number of carbonyl (C=O) groups is 2. The second kappa shape index (κ2) is 6.16. The smallest absolute Gasteiger partial charge is 0.304 e. The number of carboxylic acids is 1. The minimum absolute atomic E-state index is 0.115. The van der Waals surface area contributed by atoms with Crippen molar-refractivity contribution in [3.63, 3.8) is 0 Å². The van der Waals surface area contributed by atoms with Gasteiger partial charge in [-0.05, 0) is 12.1 Å². The Kier molecular flexibility index (Phi) is 4.85. The summed E-state index contributed by atoms with van der Waals surface area (Å²) >= 11 is 0. The molecule has 0 heterocycles. The summed E-state index contributed by atoms with van der Waals surface area (Å²) in [5, 5.41) is 20.6. The molecule has 5 nitrogen and oxygen atoms in total. The van der Waals surface area contributed by atoms with E-state index in [1.165, 1.54) is 0 Å². The van der Waals surface area contributed by atoms with E-state index in [2.05, 4.69) is 5.32 Å². The van der Waals surface area contributed by atoms with Gasteiger partial charge in [0.05, 0.1) is 13.0 Å². The second-order valence-electron chi connectivity index (χ2n) is 4.59. The number of aliphatic hydroxyl groups excluding tert-OH is 1. The molecule has 1 rings (SSSR count). The SMILES string of the molecule is CC(CO)(CNC(=O)c1ccccc1)CC(=O)O. The largest absolute Gasteiger partial charge is 0.481 e. The lowest BCUT2D eigenvalue weighted by molar-refractivity contribution is -0.140. The molecule has 0 saturated carbocycles. The first-order valence-corrected chi connectivity index (χ1v) is 5.63. The molecule has 1 atom stereocenters. The van der Waals surface area contributed by atoms with Crippen LogP contribution < -0.4 is 5.32 Å². The Balaban J connectivity index is 2.58. The molecule has 0 fully saturated rings. The van der Waals surface area contributed by atoms with Gasteiger partial charge in [-0.1, -0.05) is 25.1 Å². The van der Waals surface area contributed by atoms with Crippen molar-refractivity contribution in [2.24, 2.45) is 5.41 Å². The van der Waals surface area contributed by atoms with Gasteiger partial charge in [0, 0.05) is 17.5 Å². The van der Waals surface area contributed by atoms with Crippen LogP contribution in [0.5, 0.6) is 0 Å². The van der Waals surface area contributed by atoms with Gasteiger partial charge in [-0.2, -0.15) is 0 Å². The fraction of sp³-hybridized carbons (Fsp3) is 0.385. The molecule has 1 aromatic carbocycles. The van der Waals surface area contributed by atoms with Gasteiger partial charge in [-0.3, -0.25) is 9.59 Å². The fourth-order valence-corrected chi connectivity index (χ4v) is 1.52. The number of aliphatic carboxylic acids is 1. The topological polar surface area (TPSA) is 86.6 Å². The van der Waals surface area contributed by atoms with E-state index in [1.54, 1.807) is 37.3 Å². The maximum atomic E-state index is 11.8. The Morgan fingerprint density at radius 2 is 1.89 bits per heavy atom. The number of carbonyl (C=O) groups excluding carboxylic acids is 1. The molecular formula is C13H17NO4.